The van der Waals surface area contributed by atoms with Gasteiger partial charge < -0.3 is 5.11 Å². The van der Waals surface area contributed by atoms with Crippen LogP contribution in [0.1, 0.15) is 53.9 Å². The molecular weight excluding hydrogens is 190 g/mol. The van der Waals surface area contributed by atoms with Gasteiger partial charge in [0.05, 0.1) is 0 Å². The minimum absolute atomic E-state index is 0.239. The molecule has 0 rings (SSSR count). The highest BCUT2D eigenvalue weighted by atomic mass is 16.4. The van der Waals surface area contributed by atoms with Gasteiger partial charge in [0, 0.05) is 6.04 Å². The third-order valence-corrected chi connectivity index (χ3v) is 3.27. The van der Waals surface area contributed by atoms with Gasteiger partial charge in [0.25, 0.3) is 0 Å². The van der Waals surface area contributed by atoms with E-state index in [-0.39, 0.29) is 6.04 Å². The molecule has 0 saturated heterocycles. The minimum atomic E-state index is -0.780. The van der Waals surface area contributed by atoms with Gasteiger partial charge in [-0.05, 0) is 26.2 Å². The highest BCUT2D eigenvalue weighted by molar-refractivity contribution is 5.78. The lowest BCUT2D eigenvalue weighted by atomic mass is 9.92. The van der Waals surface area contributed by atoms with Crippen LogP contribution in [-0.2, 0) is 4.79 Å². The Morgan fingerprint density at radius 1 is 1.40 bits per heavy atom. The lowest BCUT2D eigenvalue weighted by molar-refractivity contribution is -0.145. The molecule has 2 N–H and O–H groups in total. The normalized spacial score (nSPS) is 19.3. The summed E-state index contributed by atoms with van der Waals surface area (Å²) in [6.45, 7) is 10.1. The van der Waals surface area contributed by atoms with E-state index < -0.39 is 11.5 Å². The Morgan fingerprint density at radius 2 is 1.93 bits per heavy atom. The molecular formula is C12H25NO2. The van der Waals surface area contributed by atoms with Crippen LogP contribution in [0.5, 0.6) is 0 Å². The van der Waals surface area contributed by atoms with Gasteiger partial charge in [0.15, 0.2) is 0 Å². The quantitative estimate of drug-likeness (QED) is 0.686. The monoisotopic (exact) mass is 215 g/mol. The summed E-state index contributed by atoms with van der Waals surface area (Å²) in [5, 5.41) is 12.4. The average molecular weight is 215 g/mol. The van der Waals surface area contributed by atoms with E-state index in [2.05, 4.69) is 26.1 Å². The molecule has 0 fully saturated rings. The first-order valence-electron chi connectivity index (χ1n) is 5.88. The molecule has 0 radical (unpaired) electrons. The number of rotatable bonds is 7. The molecule has 0 aromatic rings. The second-order valence-corrected chi connectivity index (χ2v) is 4.71. The van der Waals surface area contributed by atoms with Crippen LogP contribution in [0.4, 0.5) is 0 Å². The van der Waals surface area contributed by atoms with Crippen molar-refractivity contribution in [3.05, 3.63) is 0 Å². The van der Waals surface area contributed by atoms with Crippen LogP contribution in [-0.4, -0.2) is 22.7 Å². The third kappa shape index (κ3) is 4.20. The maximum atomic E-state index is 11.2. The summed E-state index contributed by atoms with van der Waals surface area (Å²) in [6.07, 6.45) is 2.61. The number of carboxylic acids is 1. The van der Waals surface area contributed by atoms with Gasteiger partial charge in [-0.2, -0.15) is 0 Å². The van der Waals surface area contributed by atoms with Crippen molar-refractivity contribution in [2.75, 3.05) is 0 Å². The predicted molar refractivity (Wildman–Crippen MR) is 63.0 cm³/mol. The van der Waals surface area contributed by atoms with Crippen LogP contribution in [0.15, 0.2) is 0 Å². The lowest BCUT2D eigenvalue weighted by Gasteiger charge is -2.32. The van der Waals surface area contributed by atoms with Gasteiger partial charge in [-0.25, -0.2) is 0 Å². The molecule has 0 aliphatic heterocycles. The van der Waals surface area contributed by atoms with E-state index in [0.29, 0.717) is 12.3 Å². The first-order valence-corrected chi connectivity index (χ1v) is 5.88. The van der Waals surface area contributed by atoms with E-state index in [1.165, 1.54) is 0 Å². The maximum Gasteiger partial charge on any atom is 0.323 e. The van der Waals surface area contributed by atoms with E-state index in [0.717, 1.165) is 12.8 Å². The number of carboxylic acid groups (broad SMARTS) is 1. The Bertz CT molecular complexity index is 206. The molecule has 0 aliphatic rings. The number of hydrogen-bond donors (Lipinski definition) is 2. The summed E-state index contributed by atoms with van der Waals surface area (Å²) in [5.41, 5.74) is -0.780. The zero-order chi connectivity index (χ0) is 12.1. The fourth-order valence-electron chi connectivity index (χ4n) is 1.74. The first-order chi connectivity index (χ1) is 6.87. The minimum Gasteiger partial charge on any atom is -0.480 e. The SMILES string of the molecule is CCCC(C)(NC(C)C(C)CC)C(=O)O. The van der Waals surface area contributed by atoms with Crippen molar-refractivity contribution in [3.8, 4) is 0 Å². The molecule has 0 spiro atoms. The van der Waals surface area contributed by atoms with Gasteiger partial charge >= 0.3 is 5.97 Å². The standard InChI is InChI=1S/C12H25NO2/c1-6-8-12(5,11(14)15)13-10(4)9(3)7-2/h9-10,13H,6-8H2,1-5H3,(H,14,15). The Morgan fingerprint density at radius 3 is 2.27 bits per heavy atom. The van der Waals surface area contributed by atoms with Crippen LogP contribution < -0.4 is 5.32 Å². The summed E-state index contributed by atoms with van der Waals surface area (Å²) in [6, 6.07) is 0.239. The zero-order valence-corrected chi connectivity index (χ0v) is 10.6. The molecule has 3 heteroatoms. The van der Waals surface area contributed by atoms with E-state index in [4.69, 9.17) is 0 Å². The number of nitrogens with one attached hydrogen (secondary N) is 1. The van der Waals surface area contributed by atoms with Crippen LogP contribution in [0.2, 0.25) is 0 Å². The maximum absolute atomic E-state index is 11.2. The Hall–Kier alpha value is -0.570. The van der Waals surface area contributed by atoms with Gasteiger partial charge in [0.1, 0.15) is 5.54 Å². The summed E-state index contributed by atoms with van der Waals surface area (Å²) in [5.74, 6) is -0.250. The summed E-state index contributed by atoms with van der Waals surface area (Å²) in [4.78, 5) is 11.2. The molecule has 15 heavy (non-hydrogen) atoms. The number of aliphatic carboxylic acids is 1. The first kappa shape index (κ1) is 14.4. The molecule has 90 valence electrons. The molecule has 0 aromatic heterocycles. The van der Waals surface area contributed by atoms with Gasteiger partial charge in [-0.3, -0.25) is 10.1 Å². The van der Waals surface area contributed by atoms with Gasteiger partial charge in [-0.15, -0.1) is 0 Å². The van der Waals surface area contributed by atoms with Gasteiger partial charge in [-0.1, -0.05) is 33.6 Å². The van der Waals surface area contributed by atoms with Crippen molar-refractivity contribution in [1.82, 2.24) is 5.32 Å². The van der Waals surface area contributed by atoms with E-state index in [9.17, 15) is 9.90 Å². The fourth-order valence-corrected chi connectivity index (χ4v) is 1.74. The number of carbonyl (C=O) groups is 1. The molecule has 3 unspecified atom stereocenters. The molecule has 0 saturated carbocycles. The zero-order valence-electron chi connectivity index (χ0n) is 10.6. The van der Waals surface area contributed by atoms with Crippen molar-refractivity contribution in [2.24, 2.45) is 5.92 Å². The van der Waals surface area contributed by atoms with Crippen molar-refractivity contribution in [1.29, 1.82) is 0 Å². The summed E-state index contributed by atoms with van der Waals surface area (Å²) >= 11 is 0. The molecule has 0 heterocycles. The topological polar surface area (TPSA) is 49.3 Å². The highest BCUT2D eigenvalue weighted by Gasteiger charge is 2.33. The van der Waals surface area contributed by atoms with Crippen molar-refractivity contribution >= 4 is 5.97 Å². The predicted octanol–water partition coefficient (Wildman–Crippen LogP) is 2.65. The van der Waals surface area contributed by atoms with Crippen LogP contribution in [0.25, 0.3) is 0 Å². The Kier molecular flexibility index (Phi) is 5.88. The molecule has 0 aromatic carbocycles. The average Bonchev–Trinajstić information content (AvgIpc) is 2.16. The van der Waals surface area contributed by atoms with Crippen molar-refractivity contribution < 1.29 is 9.90 Å². The Balaban J connectivity index is 4.47. The fraction of sp³-hybridized carbons (Fsp3) is 0.917. The van der Waals surface area contributed by atoms with E-state index in [1.807, 2.05) is 6.92 Å². The van der Waals surface area contributed by atoms with Crippen molar-refractivity contribution in [2.45, 2.75) is 65.5 Å². The molecule has 0 bridgehead atoms. The highest BCUT2D eigenvalue weighted by Crippen LogP contribution is 2.17. The summed E-state index contributed by atoms with van der Waals surface area (Å²) in [7, 11) is 0. The molecule has 3 nitrogen and oxygen atoms in total. The van der Waals surface area contributed by atoms with Gasteiger partial charge in [0.2, 0.25) is 0 Å². The summed E-state index contributed by atoms with van der Waals surface area (Å²) < 4.78 is 0. The Labute approximate surface area is 93.3 Å². The molecule has 3 atom stereocenters. The number of hydrogen-bond acceptors (Lipinski definition) is 2. The van der Waals surface area contributed by atoms with Crippen molar-refractivity contribution in [3.63, 3.8) is 0 Å². The second kappa shape index (κ2) is 6.11. The molecule has 0 aliphatic carbocycles. The van der Waals surface area contributed by atoms with E-state index in [1.54, 1.807) is 6.92 Å². The lowest BCUT2D eigenvalue weighted by Crippen LogP contribution is -2.54. The van der Waals surface area contributed by atoms with Crippen LogP contribution in [0.3, 0.4) is 0 Å². The smallest absolute Gasteiger partial charge is 0.323 e. The largest absolute Gasteiger partial charge is 0.480 e. The van der Waals surface area contributed by atoms with E-state index >= 15 is 0 Å². The molecule has 0 amide bonds. The third-order valence-electron chi connectivity index (χ3n) is 3.27. The second-order valence-electron chi connectivity index (χ2n) is 4.71. The van der Waals surface area contributed by atoms with Crippen LogP contribution in [0, 0.1) is 5.92 Å². The van der Waals surface area contributed by atoms with Crippen LogP contribution >= 0.6 is 0 Å².